The van der Waals surface area contributed by atoms with Crippen molar-refractivity contribution in [3.8, 4) is 0 Å². The smallest absolute Gasteiger partial charge is 0.303 e. The second-order valence-electron chi connectivity index (χ2n) is 6.55. The molecule has 1 aliphatic heterocycles. The summed E-state index contributed by atoms with van der Waals surface area (Å²) in [7, 11) is 0. The number of carbonyl (C=O) groups excluding carboxylic acids is 2. The summed E-state index contributed by atoms with van der Waals surface area (Å²) < 4.78 is 0.803. The minimum Gasteiger partial charge on any atom is -0.507 e. The van der Waals surface area contributed by atoms with E-state index in [-0.39, 0.29) is 30.7 Å². The van der Waals surface area contributed by atoms with Crippen molar-refractivity contribution >= 4 is 50.9 Å². The van der Waals surface area contributed by atoms with Crippen LogP contribution in [0.1, 0.15) is 30.0 Å². The van der Waals surface area contributed by atoms with Gasteiger partial charge in [0.25, 0.3) is 11.7 Å². The van der Waals surface area contributed by atoms with E-state index in [1.54, 1.807) is 48.5 Å². The number of rotatable bonds is 6. The van der Waals surface area contributed by atoms with Crippen LogP contribution in [0.4, 0.5) is 0 Å². The Hall–Kier alpha value is -2.64. The van der Waals surface area contributed by atoms with Crippen LogP contribution in [0.15, 0.2) is 58.6 Å². The normalized spacial score (nSPS) is 18.3. The largest absolute Gasteiger partial charge is 0.507 e. The first-order valence-electron chi connectivity index (χ1n) is 8.81. The molecule has 0 radical (unpaired) electrons. The fraction of sp³-hybridized carbons (Fsp3) is 0.190. The molecule has 0 bridgehead atoms. The van der Waals surface area contributed by atoms with Crippen molar-refractivity contribution in [2.24, 2.45) is 0 Å². The summed E-state index contributed by atoms with van der Waals surface area (Å²) in [5, 5.41) is 20.2. The Labute approximate surface area is 180 Å². The number of halogens is 2. The molecule has 29 heavy (non-hydrogen) atoms. The standard InChI is InChI=1S/C21H17BrClNO5/c22-14-7-3-13(4-8-14)19(27)17-18(12-5-9-15(23)10-6-12)24(21(29)20(17)28)11-1-2-16(25)26/h3-10,18,27H,1-2,11H2,(H,25,26)/b19-17+. The zero-order valence-electron chi connectivity index (χ0n) is 15.1. The zero-order chi connectivity index (χ0) is 21.1. The highest BCUT2D eigenvalue weighted by atomic mass is 79.9. The molecule has 8 heteroatoms. The van der Waals surface area contributed by atoms with Crippen LogP contribution in [0.2, 0.25) is 5.02 Å². The van der Waals surface area contributed by atoms with Crippen LogP contribution in [0.3, 0.4) is 0 Å². The Morgan fingerprint density at radius 3 is 2.24 bits per heavy atom. The average molecular weight is 479 g/mol. The van der Waals surface area contributed by atoms with Crippen LogP contribution in [-0.4, -0.2) is 39.3 Å². The van der Waals surface area contributed by atoms with Gasteiger partial charge in [0, 0.05) is 28.0 Å². The first kappa shape index (κ1) is 21.1. The van der Waals surface area contributed by atoms with E-state index in [0.717, 1.165) is 4.47 Å². The summed E-state index contributed by atoms with van der Waals surface area (Å²) >= 11 is 9.28. The summed E-state index contributed by atoms with van der Waals surface area (Å²) in [5.41, 5.74) is 0.966. The molecule has 2 aromatic rings. The average Bonchev–Trinajstić information content (AvgIpc) is 2.93. The maximum atomic E-state index is 12.8. The van der Waals surface area contributed by atoms with Crippen LogP contribution in [0, 0.1) is 0 Å². The van der Waals surface area contributed by atoms with E-state index in [2.05, 4.69) is 15.9 Å². The van der Waals surface area contributed by atoms with Gasteiger partial charge in [0.2, 0.25) is 0 Å². The van der Waals surface area contributed by atoms with Gasteiger partial charge >= 0.3 is 5.97 Å². The molecule has 2 N–H and O–H groups in total. The SMILES string of the molecule is O=C(O)CCCN1C(=O)C(=O)/C(=C(/O)c2ccc(Br)cc2)C1c1ccc(Cl)cc1. The molecule has 2 aromatic carbocycles. The zero-order valence-corrected chi connectivity index (χ0v) is 17.5. The van der Waals surface area contributed by atoms with Gasteiger partial charge in [0.1, 0.15) is 5.76 Å². The molecule has 1 fully saturated rings. The van der Waals surface area contributed by atoms with Crippen LogP contribution in [0.25, 0.3) is 5.76 Å². The Bertz CT molecular complexity index is 985. The first-order chi connectivity index (χ1) is 13.8. The number of carboxylic acid groups (broad SMARTS) is 1. The lowest BCUT2D eigenvalue weighted by Gasteiger charge is -2.25. The van der Waals surface area contributed by atoms with Gasteiger partial charge in [-0.3, -0.25) is 14.4 Å². The third-order valence-corrected chi connectivity index (χ3v) is 5.41. The van der Waals surface area contributed by atoms with Crippen LogP contribution in [-0.2, 0) is 14.4 Å². The Morgan fingerprint density at radius 2 is 1.66 bits per heavy atom. The minimum atomic E-state index is -0.987. The molecule has 0 spiro atoms. The molecule has 1 atom stereocenters. The Balaban J connectivity index is 2.08. The van der Waals surface area contributed by atoms with Gasteiger partial charge in [0.15, 0.2) is 0 Å². The second-order valence-corrected chi connectivity index (χ2v) is 7.90. The summed E-state index contributed by atoms with van der Waals surface area (Å²) in [4.78, 5) is 37.6. The number of amides is 1. The number of hydrogen-bond acceptors (Lipinski definition) is 4. The van der Waals surface area contributed by atoms with E-state index < -0.39 is 23.7 Å². The van der Waals surface area contributed by atoms with E-state index >= 15 is 0 Å². The number of likely N-dealkylation sites (tertiary alicyclic amines) is 1. The molecule has 1 aliphatic rings. The van der Waals surface area contributed by atoms with Crippen molar-refractivity contribution in [3.63, 3.8) is 0 Å². The molecule has 1 amide bonds. The van der Waals surface area contributed by atoms with Gasteiger partial charge in [0.05, 0.1) is 11.6 Å². The number of ketones is 1. The van der Waals surface area contributed by atoms with E-state index in [1.807, 2.05) is 0 Å². The molecule has 0 aromatic heterocycles. The third kappa shape index (κ3) is 4.52. The van der Waals surface area contributed by atoms with Crippen molar-refractivity contribution in [2.75, 3.05) is 6.54 Å². The number of aliphatic carboxylic acids is 1. The maximum absolute atomic E-state index is 12.8. The monoisotopic (exact) mass is 477 g/mol. The molecule has 0 aliphatic carbocycles. The van der Waals surface area contributed by atoms with Gasteiger partial charge in [-0.2, -0.15) is 0 Å². The van der Waals surface area contributed by atoms with E-state index in [9.17, 15) is 19.5 Å². The summed E-state index contributed by atoms with van der Waals surface area (Å²) in [6.07, 6.45) is 0.0494. The number of aliphatic hydroxyl groups excluding tert-OH is 1. The number of benzene rings is 2. The van der Waals surface area contributed by atoms with Crippen molar-refractivity contribution in [2.45, 2.75) is 18.9 Å². The molecule has 150 valence electrons. The van der Waals surface area contributed by atoms with E-state index in [4.69, 9.17) is 16.7 Å². The Kier molecular flexibility index (Phi) is 6.39. The molecular weight excluding hydrogens is 462 g/mol. The van der Waals surface area contributed by atoms with Crippen molar-refractivity contribution < 1.29 is 24.6 Å². The van der Waals surface area contributed by atoms with Crippen molar-refractivity contribution in [1.29, 1.82) is 0 Å². The van der Waals surface area contributed by atoms with Gasteiger partial charge in [-0.15, -0.1) is 0 Å². The number of carbonyl (C=O) groups is 3. The highest BCUT2D eigenvalue weighted by Crippen LogP contribution is 2.39. The molecule has 1 saturated heterocycles. The van der Waals surface area contributed by atoms with Gasteiger partial charge in [-0.25, -0.2) is 0 Å². The van der Waals surface area contributed by atoms with Crippen LogP contribution >= 0.6 is 27.5 Å². The fourth-order valence-corrected chi connectivity index (χ4v) is 3.66. The van der Waals surface area contributed by atoms with Gasteiger partial charge < -0.3 is 15.1 Å². The highest BCUT2D eigenvalue weighted by Gasteiger charge is 2.45. The second kappa shape index (κ2) is 8.80. The lowest BCUT2D eigenvalue weighted by atomic mass is 9.95. The van der Waals surface area contributed by atoms with Crippen molar-refractivity contribution in [1.82, 2.24) is 4.90 Å². The predicted molar refractivity (Wildman–Crippen MR) is 111 cm³/mol. The highest BCUT2D eigenvalue weighted by molar-refractivity contribution is 9.10. The van der Waals surface area contributed by atoms with E-state index in [1.165, 1.54) is 4.90 Å². The van der Waals surface area contributed by atoms with Gasteiger partial charge in [-0.1, -0.05) is 51.8 Å². The minimum absolute atomic E-state index is 0.0324. The summed E-state index contributed by atoms with van der Waals surface area (Å²) in [5.74, 6) is -2.84. The van der Waals surface area contributed by atoms with E-state index in [0.29, 0.717) is 16.1 Å². The fourth-order valence-electron chi connectivity index (χ4n) is 3.27. The number of hydrogen-bond donors (Lipinski definition) is 2. The number of aliphatic hydroxyl groups is 1. The molecule has 0 saturated carbocycles. The lowest BCUT2D eigenvalue weighted by Crippen LogP contribution is -2.31. The molecule has 1 heterocycles. The number of carboxylic acids is 1. The lowest BCUT2D eigenvalue weighted by molar-refractivity contribution is -0.140. The molecule has 6 nitrogen and oxygen atoms in total. The van der Waals surface area contributed by atoms with Crippen LogP contribution < -0.4 is 0 Å². The third-order valence-electron chi connectivity index (χ3n) is 4.63. The number of nitrogens with zero attached hydrogens (tertiary/aromatic N) is 1. The molecular formula is C21H17BrClNO5. The summed E-state index contributed by atoms with van der Waals surface area (Å²) in [6, 6.07) is 12.5. The predicted octanol–water partition coefficient (Wildman–Crippen LogP) is 4.39. The van der Waals surface area contributed by atoms with Crippen molar-refractivity contribution in [3.05, 3.63) is 74.7 Å². The first-order valence-corrected chi connectivity index (χ1v) is 9.98. The molecule has 1 unspecified atom stereocenters. The Morgan fingerprint density at radius 1 is 1.03 bits per heavy atom. The molecule has 3 rings (SSSR count). The summed E-state index contributed by atoms with van der Waals surface area (Å²) in [6.45, 7) is 0.0707. The number of Topliss-reactive ketones (excluding diaryl/α,β-unsaturated/α-hetero) is 1. The topological polar surface area (TPSA) is 94.9 Å². The quantitative estimate of drug-likeness (QED) is 0.365. The maximum Gasteiger partial charge on any atom is 0.303 e. The van der Waals surface area contributed by atoms with Crippen LogP contribution in [0.5, 0.6) is 0 Å². The van der Waals surface area contributed by atoms with Gasteiger partial charge in [-0.05, 0) is 36.2 Å².